The number of fused-ring (bicyclic) bond motifs is 5. The van der Waals surface area contributed by atoms with Crippen LogP contribution in [0.3, 0.4) is 0 Å². The lowest BCUT2D eigenvalue weighted by Crippen LogP contribution is -2.32. The Morgan fingerprint density at radius 3 is 2.65 bits per heavy atom. The van der Waals surface area contributed by atoms with Gasteiger partial charge in [0.25, 0.3) is 0 Å². The first-order valence-corrected chi connectivity index (χ1v) is 8.18. The fourth-order valence-electron chi connectivity index (χ4n) is 5.30. The molecule has 5 unspecified atom stereocenters. The van der Waals surface area contributed by atoms with Gasteiger partial charge in [0.05, 0.1) is 0 Å². The van der Waals surface area contributed by atoms with Crippen molar-refractivity contribution in [1.82, 2.24) is 5.32 Å². The number of hydrogen-bond donors (Lipinski definition) is 1. The zero-order chi connectivity index (χ0) is 13.9. The van der Waals surface area contributed by atoms with Gasteiger partial charge in [-0.1, -0.05) is 11.6 Å². The number of halogens is 2. The van der Waals surface area contributed by atoms with Gasteiger partial charge in [-0.2, -0.15) is 0 Å². The highest BCUT2D eigenvalue weighted by Crippen LogP contribution is 2.70. The van der Waals surface area contributed by atoms with Gasteiger partial charge >= 0.3 is 0 Å². The minimum Gasteiger partial charge on any atom is -0.316 e. The van der Waals surface area contributed by atoms with E-state index in [0.717, 1.165) is 41.6 Å². The Labute approximate surface area is 124 Å². The van der Waals surface area contributed by atoms with Gasteiger partial charge in [-0.05, 0) is 86.1 Å². The van der Waals surface area contributed by atoms with E-state index in [-0.39, 0.29) is 5.82 Å². The Hall–Kier alpha value is -0.600. The molecular formula is C17H21ClFN. The Bertz CT molecular complexity index is 516. The maximum absolute atomic E-state index is 13.4. The van der Waals surface area contributed by atoms with Crippen LogP contribution in [0.25, 0.3) is 0 Å². The number of rotatable bonds is 4. The second-order valence-corrected chi connectivity index (χ2v) is 7.31. The normalized spacial score (nSPS) is 38.9. The SMILES string of the molecule is CNC(Cc1cc(F)ccc1Cl)C1C2C3CCC(C3)C21. The molecule has 1 nitrogen and oxygen atoms in total. The molecule has 0 spiro atoms. The molecule has 3 saturated carbocycles. The van der Waals surface area contributed by atoms with E-state index in [2.05, 4.69) is 5.32 Å². The van der Waals surface area contributed by atoms with Crippen LogP contribution in [0.2, 0.25) is 5.02 Å². The van der Waals surface area contributed by atoms with Crippen LogP contribution in [-0.4, -0.2) is 13.1 Å². The van der Waals surface area contributed by atoms with E-state index in [1.807, 2.05) is 7.05 Å². The van der Waals surface area contributed by atoms with Crippen molar-refractivity contribution in [2.45, 2.75) is 31.7 Å². The fourth-order valence-corrected chi connectivity index (χ4v) is 5.49. The van der Waals surface area contributed by atoms with Crippen molar-refractivity contribution >= 4 is 11.6 Å². The summed E-state index contributed by atoms with van der Waals surface area (Å²) in [7, 11) is 2.04. The van der Waals surface area contributed by atoms with E-state index in [1.54, 1.807) is 12.1 Å². The number of nitrogens with one attached hydrogen (secondary N) is 1. The van der Waals surface area contributed by atoms with Crippen LogP contribution in [0.5, 0.6) is 0 Å². The number of benzene rings is 1. The molecule has 0 saturated heterocycles. The summed E-state index contributed by atoms with van der Waals surface area (Å²) in [6, 6.07) is 5.16. The zero-order valence-corrected chi connectivity index (χ0v) is 12.5. The molecule has 20 heavy (non-hydrogen) atoms. The Morgan fingerprint density at radius 2 is 2.00 bits per heavy atom. The molecule has 108 valence electrons. The van der Waals surface area contributed by atoms with Crippen molar-refractivity contribution in [3.63, 3.8) is 0 Å². The first kappa shape index (κ1) is 13.1. The minimum absolute atomic E-state index is 0.185. The highest BCUT2D eigenvalue weighted by molar-refractivity contribution is 6.31. The maximum atomic E-state index is 13.4. The summed E-state index contributed by atoms with van der Waals surface area (Å²) in [5, 5.41) is 4.17. The van der Waals surface area contributed by atoms with Gasteiger partial charge in [0, 0.05) is 11.1 Å². The molecule has 5 atom stereocenters. The van der Waals surface area contributed by atoms with Crippen molar-refractivity contribution in [2.24, 2.45) is 29.6 Å². The second kappa shape index (κ2) is 4.71. The van der Waals surface area contributed by atoms with Gasteiger partial charge in [0.15, 0.2) is 0 Å². The molecule has 2 bridgehead atoms. The minimum atomic E-state index is -0.185. The van der Waals surface area contributed by atoms with Crippen molar-refractivity contribution in [2.75, 3.05) is 7.05 Å². The summed E-state index contributed by atoms with van der Waals surface area (Å²) in [4.78, 5) is 0. The van der Waals surface area contributed by atoms with E-state index in [9.17, 15) is 4.39 Å². The van der Waals surface area contributed by atoms with E-state index >= 15 is 0 Å². The predicted molar refractivity (Wildman–Crippen MR) is 79.3 cm³/mol. The second-order valence-electron chi connectivity index (χ2n) is 6.90. The maximum Gasteiger partial charge on any atom is 0.123 e. The standard InChI is InChI=1S/C17H21ClFN/c1-20-14(8-11-7-12(19)4-5-13(11)18)17-15-9-2-3-10(6-9)16(15)17/h4-5,7,9-10,14-17,20H,2-3,6,8H2,1H3. The first-order valence-electron chi connectivity index (χ1n) is 7.80. The smallest absolute Gasteiger partial charge is 0.123 e. The van der Waals surface area contributed by atoms with Gasteiger partial charge in [-0.15, -0.1) is 0 Å². The predicted octanol–water partition coefficient (Wildman–Crippen LogP) is 3.90. The van der Waals surface area contributed by atoms with Crippen molar-refractivity contribution in [3.8, 4) is 0 Å². The number of hydrogen-bond acceptors (Lipinski definition) is 1. The van der Waals surface area contributed by atoms with Crippen LogP contribution >= 0.6 is 11.6 Å². The van der Waals surface area contributed by atoms with E-state index < -0.39 is 0 Å². The molecule has 0 radical (unpaired) electrons. The Balaban J connectivity index is 1.51. The molecule has 0 aliphatic heterocycles. The summed E-state index contributed by atoms with van der Waals surface area (Å²) in [6.07, 6.45) is 5.21. The molecule has 1 aromatic rings. The van der Waals surface area contributed by atoms with E-state index in [1.165, 1.54) is 25.3 Å². The molecule has 3 heteroatoms. The summed E-state index contributed by atoms with van der Waals surface area (Å²) in [6.45, 7) is 0. The highest BCUT2D eigenvalue weighted by Gasteiger charge is 2.66. The van der Waals surface area contributed by atoms with Gasteiger partial charge in [-0.25, -0.2) is 4.39 Å². The zero-order valence-electron chi connectivity index (χ0n) is 11.8. The van der Waals surface area contributed by atoms with Gasteiger partial charge in [-0.3, -0.25) is 0 Å². The van der Waals surface area contributed by atoms with Crippen LogP contribution in [0, 0.1) is 35.4 Å². The van der Waals surface area contributed by atoms with Crippen LogP contribution in [-0.2, 0) is 6.42 Å². The molecule has 3 aliphatic carbocycles. The van der Waals surface area contributed by atoms with E-state index in [0.29, 0.717) is 11.1 Å². The van der Waals surface area contributed by atoms with Crippen LogP contribution in [0.4, 0.5) is 4.39 Å². The van der Waals surface area contributed by atoms with E-state index in [4.69, 9.17) is 11.6 Å². The number of likely N-dealkylation sites (N-methyl/N-ethyl adjacent to an activating group) is 1. The third kappa shape index (κ3) is 1.92. The average molecular weight is 294 g/mol. The highest BCUT2D eigenvalue weighted by atomic mass is 35.5. The first-order chi connectivity index (χ1) is 9.69. The molecular weight excluding hydrogens is 273 g/mol. The summed E-state index contributed by atoms with van der Waals surface area (Å²) in [5.41, 5.74) is 0.948. The molecule has 4 rings (SSSR count). The summed E-state index contributed by atoms with van der Waals surface area (Å²) in [5.74, 6) is 4.46. The fraction of sp³-hybridized carbons (Fsp3) is 0.647. The lowest BCUT2D eigenvalue weighted by Gasteiger charge is -2.20. The van der Waals surface area contributed by atoms with Crippen LogP contribution in [0.1, 0.15) is 24.8 Å². The Kier molecular flexibility index (Phi) is 3.08. The molecule has 0 heterocycles. The van der Waals surface area contributed by atoms with Crippen LogP contribution in [0.15, 0.2) is 18.2 Å². The van der Waals surface area contributed by atoms with Crippen LogP contribution < -0.4 is 5.32 Å². The van der Waals surface area contributed by atoms with Crippen molar-refractivity contribution < 1.29 is 4.39 Å². The quantitative estimate of drug-likeness (QED) is 0.888. The molecule has 3 fully saturated rings. The monoisotopic (exact) mass is 293 g/mol. The largest absolute Gasteiger partial charge is 0.316 e. The summed E-state index contributed by atoms with van der Waals surface area (Å²) >= 11 is 6.22. The topological polar surface area (TPSA) is 12.0 Å². The van der Waals surface area contributed by atoms with Gasteiger partial charge < -0.3 is 5.32 Å². The lowest BCUT2D eigenvalue weighted by atomic mass is 9.93. The van der Waals surface area contributed by atoms with Gasteiger partial charge in [0.2, 0.25) is 0 Å². The third-order valence-corrected chi connectivity index (χ3v) is 6.45. The average Bonchev–Trinajstić information content (AvgIpc) is 2.87. The van der Waals surface area contributed by atoms with Crippen molar-refractivity contribution in [3.05, 3.63) is 34.6 Å². The Morgan fingerprint density at radius 1 is 1.30 bits per heavy atom. The molecule has 1 N–H and O–H groups in total. The lowest BCUT2D eigenvalue weighted by molar-refractivity contribution is 0.376. The molecule has 0 amide bonds. The van der Waals surface area contributed by atoms with Crippen molar-refractivity contribution in [1.29, 1.82) is 0 Å². The molecule has 1 aromatic carbocycles. The molecule has 0 aromatic heterocycles. The molecule has 3 aliphatic rings. The van der Waals surface area contributed by atoms with Gasteiger partial charge in [0.1, 0.15) is 5.82 Å². The summed E-state index contributed by atoms with van der Waals surface area (Å²) < 4.78 is 13.4. The third-order valence-electron chi connectivity index (χ3n) is 6.08.